The molecule has 2 aromatic carbocycles. The van der Waals surface area contributed by atoms with Crippen molar-refractivity contribution in [3.63, 3.8) is 0 Å². The normalized spacial score (nSPS) is 13.7. The van der Waals surface area contributed by atoms with Gasteiger partial charge in [-0.25, -0.2) is 4.98 Å². The molecule has 36 heavy (non-hydrogen) atoms. The summed E-state index contributed by atoms with van der Waals surface area (Å²) >= 11 is 0. The van der Waals surface area contributed by atoms with Gasteiger partial charge in [0.05, 0.1) is 36.5 Å². The van der Waals surface area contributed by atoms with Crippen molar-refractivity contribution < 1.29 is 4.74 Å². The van der Waals surface area contributed by atoms with Crippen LogP contribution in [0.2, 0.25) is 0 Å². The summed E-state index contributed by atoms with van der Waals surface area (Å²) in [6, 6.07) is 24.2. The predicted molar refractivity (Wildman–Crippen MR) is 142 cm³/mol. The third-order valence-electron chi connectivity index (χ3n) is 6.41. The first-order valence-electron chi connectivity index (χ1n) is 12.0. The lowest BCUT2D eigenvalue weighted by atomic mass is 10.1. The molecule has 5 aromatic rings. The molecule has 180 valence electrons. The number of rotatable bonds is 6. The van der Waals surface area contributed by atoms with E-state index in [-0.39, 0.29) is 5.56 Å². The second-order valence-electron chi connectivity index (χ2n) is 8.76. The first-order chi connectivity index (χ1) is 17.7. The Labute approximate surface area is 208 Å². The van der Waals surface area contributed by atoms with Crippen LogP contribution >= 0.6 is 0 Å². The maximum atomic E-state index is 12.8. The SMILES string of the molecule is O=c1[nH]ccc2cc(-c3ccnn3Cc3ccccc3)nc(Nc3ccc(N4CCOCC4)cc3)c12. The van der Waals surface area contributed by atoms with Crippen LogP contribution in [0.4, 0.5) is 17.2 Å². The van der Waals surface area contributed by atoms with Gasteiger partial charge in [0.2, 0.25) is 0 Å². The zero-order chi connectivity index (χ0) is 24.3. The number of fused-ring (bicyclic) bond motifs is 1. The average Bonchev–Trinajstić information content (AvgIpc) is 3.38. The van der Waals surface area contributed by atoms with Gasteiger partial charge in [0, 0.05) is 36.9 Å². The fourth-order valence-corrected chi connectivity index (χ4v) is 4.58. The van der Waals surface area contributed by atoms with Crippen molar-refractivity contribution in [2.45, 2.75) is 6.54 Å². The number of nitrogens with one attached hydrogen (secondary N) is 2. The molecule has 0 saturated carbocycles. The summed E-state index contributed by atoms with van der Waals surface area (Å²) in [5.41, 5.74) is 4.60. The van der Waals surface area contributed by atoms with Gasteiger partial charge in [-0.1, -0.05) is 30.3 Å². The molecule has 0 atom stereocenters. The molecule has 0 unspecified atom stereocenters. The first-order valence-corrected chi connectivity index (χ1v) is 12.0. The number of benzene rings is 2. The molecule has 8 heteroatoms. The third-order valence-corrected chi connectivity index (χ3v) is 6.41. The van der Waals surface area contributed by atoms with Crippen molar-refractivity contribution in [1.29, 1.82) is 0 Å². The van der Waals surface area contributed by atoms with Crippen molar-refractivity contribution in [2.75, 3.05) is 36.5 Å². The standard InChI is InChI=1S/C28H26N6O2/c35-28-26-21(10-12-29-28)18-24(25-11-13-30-34(25)19-20-4-2-1-3-5-20)32-27(26)31-22-6-8-23(9-7-22)33-14-16-36-17-15-33/h1-13,18H,14-17,19H2,(H,29,35)(H,31,32). The number of hydrogen-bond donors (Lipinski definition) is 2. The van der Waals surface area contributed by atoms with Crippen LogP contribution < -0.4 is 15.8 Å². The van der Waals surface area contributed by atoms with Crippen LogP contribution in [0.15, 0.2) is 90.0 Å². The van der Waals surface area contributed by atoms with Gasteiger partial charge in [-0.15, -0.1) is 0 Å². The Bertz CT molecular complexity index is 1540. The molecule has 0 bridgehead atoms. The van der Waals surface area contributed by atoms with Crippen LogP contribution in [-0.2, 0) is 11.3 Å². The van der Waals surface area contributed by atoms with Crippen LogP contribution in [0.3, 0.4) is 0 Å². The highest BCUT2D eigenvalue weighted by Gasteiger charge is 2.15. The first kappa shape index (κ1) is 22.1. The fraction of sp³-hybridized carbons (Fsp3) is 0.179. The number of ether oxygens (including phenoxy) is 1. The molecule has 4 heterocycles. The molecule has 0 amide bonds. The molecule has 3 aromatic heterocycles. The van der Waals surface area contributed by atoms with E-state index >= 15 is 0 Å². The Balaban J connectivity index is 1.36. The second kappa shape index (κ2) is 9.67. The molecular formula is C28H26N6O2. The molecule has 1 saturated heterocycles. The summed E-state index contributed by atoms with van der Waals surface area (Å²) < 4.78 is 7.39. The minimum Gasteiger partial charge on any atom is -0.378 e. The molecule has 0 spiro atoms. The van der Waals surface area contributed by atoms with Crippen LogP contribution in [0, 0.1) is 0 Å². The number of nitrogens with zero attached hydrogens (tertiary/aromatic N) is 4. The maximum absolute atomic E-state index is 12.8. The lowest BCUT2D eigenvalue weighted by Crippen LogP contribution is -2.36. The Hall–Kier alpha value is -4.43. The smallest absolute Gasteiger partial charge is 0.259 e. The van der Waals surface area contributed by atoms with Gasteiger partial charge in [0.25, 0.3) is 5.56 Å². The third kappa shape index (κ3) is 4.46. The van der Waals surface area contributed by atoms with Gasteiger partial charge in [0.1, 0.15) is 5.82 Å². The van der Waals surface area contributed by atoms with E-state index in [0.29, 0.717) is 17.7 Å². The van der Waals surface area contributed by atoms with E-state index in [9.17, 15) is 4.79 Å². The molecule has 6 rings (SSSR count). The lowest BCUT2D eigenvalue weighted by molar-refractivity contribution is 0.122. The minimum absolute atomic E-state index is 0.184. The van der Waals surface area contributed by atoms with E-state index in [4.69, 9.17) is 9.72 Å². The van der Waals surface area contributed by atoms with Crippen molar-refractivity contribution in [2.24, 2.45) is 0 Å². The highest BCUT2D eigenvalue weighted by molar-refractivity contribution is 5.95. The van der Waals surface area contributed by atoms with E-state index in [1.54, 1.807) is 12.4 Å². The van der Waals surface area contributed by atoms with Crippen LogP contribution in [0.5, 0.6) is 0 Å². The van der Waals surface area contributed by atoms with Crippen molar-refractivity contribution in [3.05, 3.63) is 101 Å². The maximum Gasteiger partial charge on any atom is 0.259 e. The van der Waals surface area contributed by atoms with Gasteiger partial charge in [-0.2, -0.15) is 5.10 Å². The van der Waals surface area contributed by atoms with Crippen molar-refractivity contribution in [3.8, 4) is 11.4 Å². The molecular weight excluding hydrogens is 452 g/mol. The van der Waals surface area contributed by atoms with E-state index in [0.717, 1.165) is 60.0 Å². The van der Waals surface area contributed by atoms with Gasteiger partial charge in [-0.3, -0.25) is 9.48 Å². The number of aromatic amines is 1. The van der Waals surface area contributed by atoms with Gasteiger partial charge < -0.3 is 19.9 Å². The van der Waals surface area contributed by atoms with Crippen LogP contribution in [-0.4, -0.2) is 46.1 Å². The minimum atomic E-state index is -0.184. The number of hydrogen-bond acceptors (Lipinski definition) is 6. The Morgan fingerprint density at radius 3 is 2.58 bits per heavy atom. The van der Waals surface area contributed by atoms with Crippen molar-refractivity contribution >= 4 is 28.0 Å². The van der Waals surface area contributed by atoms with E-state index in [1.807, 2.05) is 53.2 Å². The lowest BCUT2D eigenvalue weighted by Gasteiger charge is -2.28. The predicted octanol–water partition coefficient (Wildman–Crippen LogP) is 4.42. The zero-order valence-electron chi connectivity index (χ0n) is 19.7. The van der Waals surface area contributed by atoms with Crippen molar-refractivity contribution in [1.82, 2.24) is 19.7 Å². The zero-order valence-corrected chi connectivity index (χ0v) is 19.7. The van der Waals surface area contributed by atoms with E-state index < -0.39 is 0 Å². The Morgan fingerprint density at radius 2 is 1.78 bits per heavy atom. The number of anilines is 3. The van der Waals surface area contributed by atoms with Gasteiger partial charge in [-0.05, 0) is 53.4 Å². The highest BCUT2D eigenvalue weighted by Crippen LogP contribution is 2.29. The quantitative estimate of drug-likeness (QED) is 0.376. The Morgan fingerprint density at radius 1 is 0.972 bits per heavy atom. The average molecular weight is 479 g/mol. The highest BCUT2D eigenvalue weighted by atomic mass is 16.5. The van der Waals surface area contributed by atoms with Gasteiger partial charge >= 0.3 is 0 Å². The number of aromatic nitrogens is 4. The number of pyridine rings is 2. The molecule has 1 fully saturated rings. The number of H-pyrrole nitrogens is 1. The second-order valence-corrected chi connectivity index (χ2v) is 8.76. The summed E-state index contributed by atoms with van der Waals surface area (Å²) in [6.45, 7) is 3.88. The summed E-state index contributed by atoms with van der Waals surface area (Å²) in [6.07, 6.45) is 3.44. The fourth-order valence-electron chi connectivity index (χ4n) is 4.58. The van der Waals surface area contributed by atoms with E-state index in [2.05, 4.69) is 44.6 Å². The molecule has 0 radical (unpaired) electrons. The topological polar surface area (TPSA) is 88.1 Å². The summed E-state index contributed by atoms with van der Waals surface area (Å²) in [5.74, 6) is 0.510. The molecule has 1 aliphatic rings. The monoisotopic (exact) mass is 478 g/mol. The summed E-state index contributed by atoms with van der Waals surface area (Å²) in [7, 11) is 0. The molecule has 2 N–H and O–H groups in total. The molecule has 8 nitrogen and oxygen atoms in total. The summed E-state index contributed by atoms with van der Waals surface area (Å²) in [5, 5.41) is 9.24. The number of morpholine rings is 1. The van der Waals surface area contributed by atoms with Gasteiger partial charge in [0.15, 0.2) is 0 Å². The van der Waals surface area contributed by atoms with E-state index in [1.165, 1.54) is 0 Å². The molecule has 0 aliphatic carbocycles. The largest absolute Gasteiger partial charge is 0.378 e. The van der Waals surface area contributed by atoms with Crippen LogP contribution in [0.25, 0.3) is 22.2 Å². The molecule has 1 aliphatic heterocycles. The summed E-state index contributed by atoms with van der Waals surface area (Å²) in [4.78, 5) is 22.8. The van der Waals surface area contributed by atoms with Crippen LogP contribution in [0.1, 0.15) is 5.56 Å². The Kier molecular flexibility index (Phi) is 5.93.